The van der Waals surface area contributed by atoms with Crippen LogP contribution in [0.3, 0.4) is 0 Å². The SMILES string of the molecule is COc1cc2c(cc1C#N)C(=O)C1=C(Cc3cc(C#N)ccc31)C2(C)C. The summed E-state index contributed by atoms with van der Waals surface area (Å²) < 4.78 is 5.35. The number of benzene rings is 2. The van der Waals surface area contributed by atoms with Crippen LogP contribution in [-0.4, -0.2) is 12.9 Å². The third-order valence-electron chi connectivity index (χ3n) is 5.53. The van der Waals surface area contributed by atoms with Crippen LogP contribution in [0.4, 0.5) is 0 Å². The van der Waals surface area contributed by atoms with Crippen LogP contribution < -0.4 is 4.74 Å². The Labute approximate surface area is 151 Å². The number of allylic oxidation sites excluding steroid dienone is 2. The van der Waals surface area contributed by atoms with E-state index < -0.39 is 0 Å². The molecule has 126 valence electrons. The van der Waals surface area contributed by atoms with Crippen LogP contribution in [0.25, 0.3) is 5.57 Å². The van der Waals surface area contributed by atoms with E-state index in [1.54, 1.807) is 12.1 Å². The van der Waals surface area contributed by atoms with Gasteiger partial charge in [-0.1, -0.05) is 19.9 Å². The van der Waals surface area contributed by atoms with Gasteiger partial charge in [-0.15, -0.1) is 0 Å². The minimum atomic E-state index is -0.369. The molecular weight excluding hydrogens is 324 g/mol. The number of hydrogen-bond donors (Lipinski definition) is 0. The number of rotatable bonds is 1. The molecule has 0 aromatic heterocycles. The van der Waals surface area contributed by atoms with E-state index in [-0.39, 0.29) is 11.2 Å². The fourth-order valence-electron chi connectivity index (χ4n) is 4.13. The molecule has 4 rings (SSSR count). The second kappa shape index (κ2) is 5.31. The number of fused-ring (bicyclic) bond motifs is 3. The molecule has 0 unspecified atom stereocenters. The first kappa shape index (κ1) is 16.1. The number of Topliss-reactive ketones (excluding diaryl/α,β-unsaturated/α-hetero) is 1. The van der Waals surface area contributed by atoms with Crippen LogP contribution in [0.1, 0.15) is 52.0 Å². The van der Waals surface area contributed by atoms with Crippen molar-refractivity contribution in [1.82, 2.24) is 0 Å². The Kier molecular flexibility index (Phi) is 3.29. The van der Waals surface area contributed by atoms with Crippen LogP contribution in [0.15, 0.2) is 35.9 Å². The van der Waals surface area contributed by atoms with Crippen molar-refractivity contribution < 1.29 is 9.53 Å². The van der Waals surface area contributed by atoms with Crippen molar-refractivity contribution >= 4 is 11.4 Å². The van der Waals surface area contributed by atoms with Crippen LogP contribution in [0, 0.1) is 22.7 Å². The number of nitriles is 2. The lowest BCUT2D eigenvalue weighted by Crippen LogP contribution is -2.30. The highest BCUT2D eigenvalue weighted by Gasteiger charge is 2.43. The van der Waals surface area contributed by atoms with Crippen molar-refractivity contribution in [3.63, 3.8) is 0 Å². The molecule has 0 amide bonds. The zero-order valence-electron chi connectivity index (χ0n) is 14.8. The summed E-state index contributed by atoms with van der Waals surface area (Å²) in [5.74, 6) is 0.426. The Morgan fingerprint density at radius 3 is 2.50 bits per heavy atom. The highest BCUT2D eigenvalue weighted by molar-refractivity contribution is 6.33. The number of nitrogens with zero attached hydrogens (tertiary/aromatic N) is 2. The number of ketones is 1. The fourth-order valence-corrected chi connectivity index (χ4v) is 4.13. The van der Waals surface area contributed by atoms with E-state index in [1.165, 1.54) is 7.11 Å². The summed E-state index contributed by atoms with van der Waals surface area (Å²) in [4.78, 5) is 13.3. The van der Waals surface area contributed by atoms with Crippen LogP contribution in [0.5, 0.6) is 5.75 Å². The molecule has 0 atom stereocenters. The summed E-state index contributed by atoms with van der Waals surface area (Å²) in [6.07, 6.45) is 0.653. The lowest BCUT2D eigenvalue weighted by molar-refractivity contribution is 0.105. The van der Waals surface area contributed by atoms with Crippen molar-refractivity contribution in [2.45, 2.75) is 25.7 Å². The Morgan fingerprint density at radius 2 is 1.85 bits per heavy atom. The number of methoxy groups -OCH3 is 1. The van der Waals surface area contributed by atoms with E-state index in [9.17, 15) is 10.1 Å². The summed E-state index contributed by atoms with van der Waals surface area (Å²) in [5.41, 5.74) is 5.72. The maximum atomic E-state index is 13.3. The molecule has 0 saturated carbocycles. The predicted octanol–water partition coefficient (Wildman–Crippen LogP) is 3.92. The monoisotopic (exact) mass is 340 g/mol. The van der Waals surface area contributed by atoms with Crippen molar-refractivity contribution in [3.8, 4) is 17.9 Å². The standard InChI is InChI=1S/C22H16N2O2/c1-22(2)17-9-19(26-3)14(11-24)7-16(17)21(25)20-15-5-4-12(10-23)6-13(15)8-18(20)22/h4-7,9H,8H2,1-3H3. The van der Waals surface area contributed by atoms with E-state index in [1.807, 2.05) is 18.2 Å². The Morgan fingerprint density at radius 1 is 1.08 bits per heavy atom. The van der Waals surface area contributed by atoms with Gasteiger partial charge in [-0.2, -0.15) is 10.5 Å². The first-order valence-electron chi connectivity index (χ1n) is 8.36. The molecule has 4 nitrogen and oxygen atoms in total. The smallest absolute Gasteiger partial charge is 0.193 e. The molecule has 2 aliphatic carbocycles. The minimum absolute atomic E-state index is 0.0584. The van der Waals surface area contributed by atoms with Crippen LogP contribution in [0.2, 0.25) is 0 Å². The van der Waals surface area contributed by atoms with E-state index >= 15 is 0 Å². The summed E-state index contributed by atoms with van der Waals surface area (Å²) in [5, 5.41) is 18.6. The Balaban J connectivity index is 1.97. The summed E-state index contributed by atoms with van der Waals surface area (Å²) in [7, 11) is 1.53. The number of hydrogen-bond acceptors (Lipinski definition) is 4. The lowest BCUT2D eigenvalue weighted by atomic mass is 9.68. The highest BCUT2D eigenvalue weighted by atomic mass is 16.5. The summed E-state index contributed by atoms with van der Waals surface area (Å²) in [6, 6.07) is 13.2. The van der Waals surface area contributed by atoms with Crippen LogP contribution in [-0.2, 0) is 11.8 Å². The molecule has 0 bridgehead atoms. The third-order valence-corrected chi connectivity index (χ3v) is 5.53. The van der Waals surface area contributed by atoms with Crippen molar-refractivity contribution in [2.75, 3.05) is 7.11 Å². The maximum absolute atomic E-state index is 13.3. The van der Waals surface area contributed by atoms with E-state index in [0.717, 1.165) is 27.8 Å². The van der Waals surface area contributed by atoms with Crippen LogP contribution >= 0.6 is 0 Å². The summed E-state index contributed by atoms with van der Waals surface area (Å²) >= 11 is 0. The third kappa shape index (κ3) is 1.96. The average Bonchev–Trinajstić information content (AvgIpc) is 3.05. The summed E-state index contributed by atoms with van der Waals surface area (Å²) in [6.45, 7) is 4.19. The molecule has 0 N–H and O–H groups in total. The van der Waals surface area contributed by atoms with E-state index in [2.05, 4.69) is 26.0 Å². The maximum Gasteiger partial charge on any atom is 0.193 e. The molecule has 26 heavy (non-hydrogen) atoms. The molecule has 0 heterocycles. The van der Waals surface area contributed by atoms with Gasteiger partial charge in [-0.05, 0) is 52.9 Å². The van der Waals surface area contributed by atoms with Crippen molar-refractivity contribution in [2.24, 2.45) is 0 Å². The Bertz CT molecular complexity index is 1110. The molecule has 2 aromatic rings. The predicted molar refractivity (Wildman–Crippen MR) is 96.8 cm³/mol. The van der Waals surface area contributed by atoms with Gasteiger partial charge in [0.25, 0.3) is 0 Å². The minimum Gasteiger partial charge on any atom is -0.495 e. The molecule has 4 heteroatoms. The normalized spacial score (nSPS) is 16.3. The largest absolute Gasteiger partial charge is 0.495 e. The molecule has 0 saturated heterocycles. The number of carbonyl (C=O) groups is 1. The fraction of sp³-hybridized carbons (Fsp3) is 0.227. The molecule has 0 fully saturated rings. The molecule has 2 aromatic carbocycles. The van der Waals surface area contributed by atoms with E-state index in [4.69, 9.17) is 10.00 Å². The second-order valence-corrected chi connectivity index (χ2v) is 7.18. The quantitative estimate of drug-likeness (QED) is 0.788. The number of ether oxygens (including phenoxy) is 1. The zero-order chi connectivity index (χ0) is 18.6. The van der Waals surface area contributed by atoms with Gasteiger partial charge in [0.15, 0.2) is 5.78 Å². The molecular formula is C22H16N2O2. The highest BCUT2D eigenvalue weighted by Crippen LogP contribution is 2.50. The van der Waals surface area contributed by atoms with Gasteiger partial charge in [0.1, 0.15) is 11.8 Å². The zero-order valence-corrected chi connectivity index (χ0v) is 14.8. The second-order valence-electron chi connectivity index (χ2n) is 7.18. The van der Waals surface area contributed by atoms with E-state index in [0.29, 0.717) is 28.9 Å². The topological polar surface area (TPSA) is 73.9 Å². The van der Waals surface area contributed by atoms with Gasteiger partial charge in [-0.25, -0.2) is 0 Å². The first-order valence-corrected chi connectivity index (χ1v) is 8.36. The average molecular weight is 340 g/mol. The van der Waals surface area contributed by atoms with Gasteiger partial charge in [0.05, 0.1) is 24.3 Å². The van der Waals surface area contributed by atoms with Gasteiger partial charge in [-0.3, -0.25) is 4.79 Å². The van der Waals surface area contributed by atoms with Crippen molar-refractivity contribution in [3.05, 3.63) is 69.3 Å². The number of carbonyl (C=O) groups excluding carboxylic acids is 1. The Hall–Kier alpha value is -3.37. The molecule has 0 spiro atoms. The molecule has 2 aliphatic rings. The van der Waals surface area contributed by atoms with Gasteiger partial charge < -0.3 is 4.74 Å². The molecule has 0 aliphatic heterocycles. The van der Waals surface area contributed by atoms with Gasteiger partial charge in [0, 0.05) is 16.6 Å². The van der Waals surface area contributed by atoms with Crippen molar-refractivity contribution in [1.29, 1.82) is 10.5 Å². The van der Waals surface area contributed by atoms with Gasteiger partial charge in [0.2, 0.25) is 0 Å². The molecule has 0 radical (unpaired) electrons. The lowest BCUT2D eigenvalue weighted by Gasteiger charge is -2.34. The van der Waals surface area contributed by atoms with Gasteiger partial charge >= 0.3 is 0 Å². The first-order chi connectivity index (χ1) is 12.4.